The van der Waals surface area contributed by atoms with Crippen molar-refractivity contribution >= 4 is 5.97 Å². The minimum atomic E-state index is -0.697. The van der Waals surface area contributed by atoms with Crippen molar-refractivity contribution in [2.24, 2.45) is 0 Å². The van der Waals surface area contributed by atoms with E-state index in [-0.39, 0.29) is 12.1 Å². The molecule has 1 saturated heterocycles. The van der Waals surface area contributed by atoms with Crippen LogP contribution in [0.3, 0.4) is 0 Å². The quantitative estimate of drug-likeness (QED) is 0.583. The molecule has 0 aromatic carbocycles. The Balaban J connectivity index is 1.98. The molecule has 108 valence electrons. The van der Waals surface area contributed by atoms with Crippen LogP contribution in [0.2, 0.25) is 0 Å². The van der Waals surface area contributed by atoms with Crippen molar-refractivity contribution in [3.8, 4) is 0 Å². The van der Waals surface area contributed by atoms with Gasteiger partial charge in [0.15, 0.2) is 5.79 Å². The second-order valence-corrected chi connectivity index (χ2v) is 6.16. The zero-order valence-electron chi connectivity index (χ0n) is 12.2. The summed E-state index contributed by atoms with van der Waals surface area (Å²) in [5.74, 6) is -0.811. The summed E-state index contributed by atoms with van der Waals surface area (Å²) >= 11 is 0. The first-order valence-electron chi connectivity index (χ1n) is 7.05. The Morgan fingerprint density at radius 2 is 1.95 bits per heavy atom. The fourth-order valence-corrected chi connectivity index (χ4v) is 2.64. The molecule has 4 nitrogen and oxygen atoms in total. The lowest BCUT2D eigenvalue weighted by molar-refractivity contribution is -0.210. The highest BCUT2D eigenvalue weighted by Gasteiger charge is 2.48. The molecule has 0 N–H and O–H groups in total. The minimum Gasteiger partial charge on any atom is -0.453 e. The maximum absolute atomic E-state index is 11.7. The van der Waals surface area contributed by atoms with Gasteiger partial charge in [0.05, 0.1) is 6.61 Å². The molecule has 0 aromatic heterocycles. The summed E-state index contributed by atoms with van der Waals surface area (Å²) in [6.07, 6.45) is 5.18. The summed E-state index contributed by atoms with van der Waals surface area (Å²) < 4.78 is 17.5. The van der Waals surface area contributed by atoms with Gasteiger partial charge in [-0.05, 0) is 33.6 Å². The molecule has 1 saturated carbocycles. The molecule has 0 radical (unpaired) electrons. The monoisotopic (exact) mass is 268 g/mol. The Labute approximate surface area is 115 Å². The van der Waals surface area contributed by atoms with Gasteiger partial charge in [-0.2, -0.15) is 0 Å². The van der Waals surface area contributed by atoms with E-state index in [9.17, 15) is 4.79 Å². The standard InChI is InChI=1S/C15H24O4/c1-11(2)13(16)19-14(3,4)12-10-17-15(18-12)8-6-5-7-9-15/h12H,1,5-10H2,2-4H3. The lowest BCUT2D eigenvalue weighted by Gasteiger charge is -2.35. The van der Waals surface area contributed by atoms with E-state index in [2.05, 4.69) is 6.58 Å². The summed E-state index contributed by atoms with van der Waals surface area (Å²) in [7, 11) is 0. The summed E-state index contributed by atoms with van der Waals surface area (Å²) in [4.78, 5) is 11.7. The normalized spacial score (nSPS) is 26.4. The SMILES string of the molecule is C=C(C)C(=O)OC(C)(C)C1COC2(CCCCC2)O1. The number of carbonyl (C=O) groups is 1. The van der Waals surface area contributed by atoms with Crippen LogP contribution in [-0.2, 0) is 19.0 Å². The fraction of sp³-hybridized carbons (Fsp3) is 0.800. The molecule has 1 aliphatic heterocycles. The molecule has 2 rings (SSSR count). The minimum absolute atomic E-state index is 0.214. The van der Waals surface area contributed by atoms with E-state index in [1.54, 1.807) is 6.92 Å². The van der Waals surface area contributed by atoms with Crippen LogP contribution in [0.25, 0.3) is 0 Å². The van der Waals surface area contributed by atoms with Gasteiger partial charge in [-0.15, -0.1) is 0 Å². The van der Waals surface area contributed by atoms with Crippen molar-refractivity contribution in [1.29, 1.82) is 0 Å². The zero-order valence-corrected chi connectivity index (χ0v) is 12.2. The molecule has 4 heteroatoms. The van der Waals surface area contributed by atoms with Gasteiger partial charge >= 0.3 is 5.97 Å². The lowest BCUT2D eigenvalue weighted by atomic mass is 9.94. The first kappa shape index (κ1) is 14.5. The van der Waals surface area contributed by atoms with Gasteiger partial charge in [0.25, 0.3) is 0 Å². The summed E-state index contributed by atoms with van der Waals surface area (Å²) in [5, 5.41) is 0. The molecular weight excluding hydrogens is 244 g/mol. The number of carbonyl (C=O) groups excluding carboxylic acids is 1. The van der Waals surface area contributed by atoms with E-state index in [0.717, 1.165) is 25.7 Å². The maximum Gasteiger partial charge on any atom is 0.333 e. The molecule has 1 aliphatic carbocycles. The van der Waals surface area contributed by atoms with E-state index in [1.165, 1.54) is 6.42 Å². The van der Waals surface area contributed by atoms with Crippen molar-refractivity contribution in [3.05, 3.63) is 12.2 Å². The van der Waals surface area contributed by atoms with Crippen LogP contribution in [0.1, 0.15) is 52.9 Å². The molecule has 0 amide bonds. The predicted octanol–water partition coefficient (Wildman–Crippen LogP) is 2.96. The van der Waals surface area contributed by atoms with Crippen molar-refractivity contribution in [1.82, 2.24) is 0 Å². The van der Waals surface area contributed by atoms with E-state index >= 15 is 0 Å². The van der Waals surface area contributed by atoms with Crippen LogP contribution in [0.15, 0.2) is 12.2 Å². The third-order valence-corrected chi connectivity index (χ3v) is 3.95. The molecule has 1 spiro atoms. The Bertz CT molecular complexity index is 366. The molecule has 2 fully saturated rings. The average Bonchev–Trinajstić information content (AvgIpc) is 2.74. The Morgan fingerprint density at radius 1 is 1.32 bits per heavy atom. The van der Waals surface area contributed by atoms with Crippen molar-refractivity contribution in [2.45, 2.75) is 70.4 Å². The molecular formula is C15H24O4. The van der Waals surface area contributed by atoms with E-state index < -0.39 is 11.4 Å². The molecule has 2 aliphatic rings. The predicted molar refractivity (Wildman–Crippen MR) is 71.6 cm³/mol. The van der Waals surface area contributed by atoms with Gasteiger partial charge in [-0.25, -0.2) is 4.79 Å². The van der Waals surface area contributed by atoms with Gasteiger partial charge in [0.2, 0.25) is 0 Å². The molecule has 1 unspecified atom stereocenters. The fourth-order valence-electron chi connectivity index (χ4n) is 2.64. The first-order valence-corrected chi connectivity index (χ1v) is 7.05. The van der Waals surface area contributed by atoms with Gasteiger partial charge in [-0.1, -0.05) is 13.0 Å². The lowest BCUT2D eigenvalue weighted by Crippen LogP contribution is -2.44. The van der Waals surface area contributed by atoms with E-state index in [1.807, 2.05) is 13.8 Å². The smallest absolute Gasteiger partial charge is 0.333 e. The van der Waals surface area contributed by atoms with Crippen LogP contribution in [0, 0.1) is 0 Å². The number of rotatable bonds is 3. The summed E-state index contributed by atoms with van der Waals surface area (Å²) in [6.45, 7) is 9.46. The highest BCUT2D eigenvalue weighted by Crippen LogP contribution is 2.40. The van der Waals surface area contributed by atoms with Gasteiger partial charge in [0, 0.05) is 18.4 Å². The zero-order chi connectivity index (χ0) is 14.1. The second kappa shape index (κ2) is 5.25. The van der Waals surface area contributed by atoms with Crippen molar-refractivity contribution < 1.29 is 19.0 Å². The van der Waals surface area contributed by atoms with Crippen molar-refractivity contribution in [3.63, 3.8) is 0 Å². The Hall–Kier alpha value is -0.870. The second-order valence-electron chi connectivity index (χ2n) is 6.16. The van der Waals surface area contributed by atoms with Gasteiger partial charge in [0.1, 0.15) is 11.7 Å². The number of esters is 1. The third kappa shape index (κ3) is 3.18. The van der Waals surface area contributed by atoms with Gasteiger partial charge < -0.3 is 14.2 Å². The largest absolute Gasteiger partial charge is 0.453 e. The van der Waals surface area contributed by atoms with Crippen LogP contribution < -0.4 is 0 Å². The number of ether oxygens (including phenoxy) is 3. The Kier molecular flexibility index (Phi) is 4.02. The molecule has 1 atom stereocenters. The highest BCUT2D eigenvalue weighted by molar-refractivity contribution is 5.87. The van der Waals surface area contributed by atoms with Gasteiger partial charge in [-0.3, -0.25) is 0 Å². The highest BCUT2D eigenvalue weighted by atomic mass is 16.8. The topological polar surface area (TPSA) is 44.8 Å². The number of hydrogen-bond donors (Lipinski definition) is 0. The molecule has 0 bridgehead atoms. The summed E-state index contributed by atoms with van der Waals surface area (Å²) in [5.41, 5.74) is -0.295. The maximum atomic E-state index is 11.7. The first-order chi connectivity index (χ1) is 8.85. The summed E-state index contributed by atoms with van der Waals surface area (Å²) in [6, 6.07) is 0. The Morgan fingerprint density at radius 3 is 2.53 bits per heavy atom. The molecule has 1 heterocycles. The van der Waals surface area contributed by atoms with Crippen LogP contribution in [-0.4, -0.2) is 30.1 Å². The van der Waals surface area contributed by atoms with Crippen LogP contribution in [0.4, 0.5) is 0 Å². The van der Waals surface area contributed by atoms with Crippen molar-refractivity contribution in [2.75, 3.05) is 6.61 Å². The average molecular weight is 268 g/mol. The van der Waals surface area contributed by atoms with Crippen LogP contribution in [0.5, 0.6) is 0 Å². The molecule has 0 aromatic rings. The van der Waals surface area contributed by atoms with E-state index in [4.69, 9.17) is 14.2 Å². The third-order valence-electron chi connectivity index (χ3n) is 3.95. The van der Waals surface area contributed by atoms with E-state index in [0.29, 0.717) is 12.2 Å². The molecule has 19 heavy (non-hydrogen) atoms. The van der Waals surface area contributed by atoms with Crippen LogP contribution >= 0.6 is 0 Å². The number of hydrogen-bond acceptors (Lipinski definition) is 4.